The van der Waals surface area contributed by atoms with Crippen LogP contribution in [0.25, 0.3) is 0 Å². The Morgan fingerprint density at radius 3 is 2.00 bits per heavy atom. The lowest BCUT2D eigenvalue weighted by Crippen LogP contribution is -2.48. The topological polar surface area (TPSA) is 49.4 Å². The molecule has 2 fully saturated rings. The van der Waals surface area contributed by atoms with Crippen molar-refractivity contribution in [3.63, 3.8) is 0 Å². The molecule has 0 saturated carbocycles. The molecule has 2 atom stereocenters. The third-order valence-corrected chi connectivity index (χ3v) is 6.60. The average Bonchev–Trinajstić information content (AvgIpc) is 2.82. The van der Waals surface area contributed by atoms with Crippen molar-refractivity contribution < 1.29 is 26.0 Å². The third kappa shape index (κ3) is 2.74. The number of piperidine rings is 1. The van der Waals surface area contributed by atoms with Gasteiger partial charge in [-0.15, -0.1) is 0 Å². The summed E-state index contributed by atoms with van der Waals surface area (Å²) in [7, 11) is -3.50. The van der Waals surface area contributed by atoms with E-state index in [1.165, 1.54) is 7.05 Å². The summed E-state index contributed by atoms with van der Waals surface area (Å²) in [6, 6.07) is -0.177. The van der Waals surface area contributed by atoms with Crippen molar-refractivity contribution >= 4 is 10.0 Å². The Morgan fingerprint density at radius 1 is 1.04 bits per heavy atom. The van der Waals surface area contributed by atoms with Crippen LogP contribution in [0.1, 0.15) is 25.7 Å². The van der Waals surface area contributed by atoms with Crippen LogP contribution in [0.3, 0.4) is 0 Å². The number of benzene rings is 1. The van der Waals surface area contributed by atoms with E-state index in [-0.39, 0.29) is 18.2 Å². The van der Waals surface area contributed by atoms with E-state index >= 15 is 0 Å². The highest BCUT2D eigenvalue weighted by molar-refractivity contribution is 7.89. The van der Waals surface area contributed by atoms with Crippen molar-refractivity contribution in [3.8, 4) is 0 Å². The van der Waals surface area contributed by atoms with E-state index in [9.17, 15) is 26.0 Å². The van der Waals surface area contributed by atoms with Gasteiger partial charge in [-0.2, -0.15) is 4.31 Å². The second-order valence-electron chi connectivity index (χ2n) is 6.08. The van der Waals surface area contributed by atoms with E-state index in [2.05, 4.69) is 5.32 Å². The normalized spacial score (nSPS) is 27.7. The lowest BCUT2D eigenvalue weighted by Gasteiger charge is -2.34. The van der Waals surface area contributed by atoms with Crippen LogP contribution in [0.15, 0.2) is 11.0 Å². The van der Waals surface area contributed by atoms with Crippen LogP contribution in [-0.4, -0.2) is 37.9 Å². The van der Waals surface area contributed by atoms with Crippen molar-refractivity contribution in [2.45, 2.75) is 48.7 Å². The summed E-state index contributed by atoms with van der Waals surface area (Å²) in [5.74, 6) is -7.26. The number of halogens is 4. The molecule has 2 heterocycles. The first kappa shape index (κ1) is 16.7. The van der Waals surface area contributed by atoms with Gasteiger partial charge in [-0.1, -0.05) is 0 Å². The van der Waals surface area contributed by atoms with Crippen LogP contribution in [0, 0.1) is 23.3 Å². The van der Waals surface area contributed by atoms with Crippen LogP contribution in [0.2, 0.25) is 0 Å². The molecule has 128 valence electrons. The molecule has 0 amide bonds. The first-order valence-corrected chi connectivity index (χ1v) is 8.73. The van der Waals surface area contributed by atoms with Gasteiger partial charge in [-0.05, 0) is 25.7 Å². The molecule has 2 aliphatic heterocycles. The monoisotopic (exact) mass is 352 g/mol. The molecule has 0 spiro atoms. The van der Waals surface area contributed by atoms with Crippen molar-refractivity contribution in [1.29, 1.82) is 0 Å². The van der Waals surface area contributed by atoms with Gasteiger partial charge in [0.05, 0.1) is 0 Å². The molecule has 2 aliphatic rings. The second kappa shape index (κ2) is 5.71. The molecular weight excluding hydrogens is 336 g/mol. The number of rotatable bonds is 3. The summed E-state index contributed by atoms with van der Waals surface area (Å²) in [6.07, 6.45) is 2.80. The summed E-state index contributed by atoms with van der Waals surface area (Å²) < 4.78 is 80.1. The molecule has 0 aliphatic carbocycles. The molecule has 23 heavy (non-hydrogen) atoms. The Balaban J connectivity index is 1.99. The molecule has 1 aromatic rings. The molecule has 0 aromatic heterocycles. The number of nitrogens with one attached hydrogen (secondary N) is 1. The molecule has 1 aromatic carbocycles. The molecule has 4 nitrogen and oxygen atoms in total. The summed E-state index contributed by atoms with van der Waals surface area (Å²) in [5, 5.41) is 3.32. The van der Waals surface area contributed by atoms with E-state index in [1.54, 1.807) is 0 Å². The largest absolute Gasteiger partial charge is 0.311 e. The van der Waals surface area contributed by atoms with Crippen LogP contribution >= 0.6 is 0 Å². The maximum absolute atomic E-state index is 13.8. The maximum Gasteiger partial charge on any atom is 0.249 e. The predicted octanol–water partition coefficient (Wildman–Crippen LogP) is 2.15. The first-order chi connectivity index (χ1) is 10.7. The van der Waals surface area contributed by atoms with E-state index in [4.69, 9.17) is 0 Å². The lowest BCUT2D eigenvalue weighted by atomic mass is 10.0. The number of fused-ring (bicyclic) bond motifs is 2. The van der Waals surface area contributed by atoms with E-state index in [0.717, 1.165) is 17.1 Å². The van der Waals surface area contributed by atoms with Gasteiger partial charge in [-0.25, -0.2) is 26.0 Å². The minimum Gasteiger partial charge on any atom is -0.311 e. The van der Waals surface area contributed by atoms with Crippen LogP contribution in [0.4, 0.5) is 17.6 Å². The Morgan fingerprint density at radius 2 is 1.52 bits per heavy atom. The van der Waals surface area contributed by atoms with Gasteiger partial charge in [0, 0.05) is 31.2 Å². The Hall–Kier alpha value is -1.19. The van der Waals surface area contributed by atoms with Crippen molar-refractivity contribution in [2.24, 2.45) is 0 Å². The van der Waals surface area contributed by atoms with Crippen LogP contribution in [0.5, 0.6) is 0 Å². The van der Waals surface area contributed by atoms with Crippen molar-refractivity contribution in [3.05, 3.63) is 29.3 Å². The van der Waals surface area contributed by atoms with Gasteiger partial charge < -0.3 is 5.32 Å². The van der Waals surface area contributed by atoms with Gasteiger partial charge in [0.15, 0.2) is 28.2 Å². The molecular formula is C14H16F4N2O2S. The number of nitrogens with zero attached hydrogens (tertiary/aromatic N) is 1. The second-order valence-corrected chi connectivity index (χ2v) is 8.02. The van der Waals surface area contributed by atoms with Crippen molar-refractivity contribution in [2.75, 3.05) is 7.05 Å². The molecule has 1 N–H and O–H groups in total. The van der Waals surface area contributed by atoms with Crippen molar-refractivity contribution in [1.82, 2.24) is 9.62 Å². The third-order valence-electron chi connectivity index (χ3n) is 4.67. The summed E-state index contributed by atoms with van der Waals surface area (Å²) in [6.45, 7) is 0. The fourth-order valence-electron chi connectivity index (χ4n) is 3.44. The standard InChI is InChI=1S/C14H16F4N2O2S/c1-20(9-4-7-2-3-8(5-9)19-7)23(21,22)14-12(17)10(15)6-11(16)13(14)18/h6-9,19H,2-5H2,1H3. The number of hydrogen-bond donors (Lipinski definition) is 1. The molecule has 2 unspecified atom stereocenters. The zero-order chi connectivity index (χ0) is 16.9. The summed E-state index contributed by atoms with van der Waals surface area (Å²) in [4.78, 5) is -1.57. The minimum atomic E-state index is -4.69. The zero-order valence-electron chi connectivity index (χ0n) is 12.3. The molecule has 0 radical (unpaired) electrons. The fourth-order valence-corrected chi connectivity index (χ4v) is 4.94. The molecule has 9 heteroatoms. The van der Waals surface area contributed by atoms with E-state index in [0.29, 0.717) is 12.8 Å². The van der Waals surface area contributed by atoms with Crippen LogP contribution < -0.4 is 5.32 Å². The number of hydrogen-bond acceptors (Lipinski definition) is 3. The fraction of sp³-hybridized carbons (Fsp3) is 0.571. The summed E-state index contributed by atoms with van der Waals surface area (Å²) >= 11 is 0. The maximum atomic E-state index is 13.8. The summed E-state index contributed by atoms with van der Waals surface area (Å²) in [5.41, 5.74) is 0. The minimum absolute atomic E-state index is 0.00551. The highest BCUT2D eigenvalue weighted by Gasteiger charge is 2.41. The number of sulfonamides is 1. The Kier molecular flexibility index (Phi) is 4.14. The Bertz CT molecular complexity index is 703. The smallest absolute Gasteiger partial charge is 0.249 e. The van der Waals surface area contributed by atoms with Gasteiger partial charge >= 0.3 is 0 Å². The Labute approximate surface area is 131 Å². The predicted molar refractivity (Wildman–Crippen MR) is 74.2 cm³/mol. The van der Waals surface area contributed by atoms with Gasteiger partial charge in [0.2, 0.25) is 10.0 Å². The first-order valence-electron chi connectivity index (χ1n) is 7.29. The van der Waals surface area contributed by atoms with Gasteiger partial charge in [0.1, 0.15) is 0 Å². The average molecular weight is 352 g/mol. The van der Waals surface area contributed by atoms with E-state index < -0.39 is 44.2 Å². The molecule has 2 saturated heterocycles. The quantitative estimate of drug-likeness (QED) is 0.670. The highest BCUT2D eigenvalue weighted by Crippen LogP contribution is 2.33. The highest BCUT2D eigenvalue weighted by atomic mass is 32.2. The molecule has 3 rings (SSSR count). The van der Waals surface area contributed by atoms with Crippen LogP contribution in [-0.2, 0) is 10.0 Å². The zero-order valence-corrected chi connectivity index (χ0v) is 13.1. The SMILES string of the molecule is CN(C1CC2CCC(C1)N2)S(=O)(=O)c1c(F)c(F)cc(F)c1F. The molecule has 2 bridgehead atoms. The lowest BCUT2D eigenvalue weighted by molar-refractivity contribution is 0.249. The van der Waals surface area contributed by atoms with Gasteiger partial charge in [0.25, 0.3) is 0 Å². The van der Waals surface area contributed by atoms with E-state index in [1.807, 2.05) is 0 Å². The van der Waals surface area contributed by atoms with Gasteiger partial charge in [-0.3, -0.25) is 0 Å².